The van der Waals surface area contributed by atoms with Gasteiger partial charge in [-0.25, -0.2) is 4.39 Å². The maximum atomic E-state index is 12.5. The van der Waals surface area contributed by atoms with E-state index in [4.69, 9.17) is 0 Å². The molecule has 2 aliphatic heterocycles. The molecule has 0 aliphatic carbocycles. The van der Waals surface area contributed by atoms with Crippen LogP contribution < -0.4 is 0 Å². The highest BCUT2D eigenvalue weighted by Crippen LogP contribution is 2.42. The Morgan fingerprint density at radius 1 is 1.58 bits per heavy atom. The quantitative estimate of drug-likeness (QED) is 0.638. The standard InChI is InChI=1S/C9H14FNO/c10-6-8-2-5-11-4-1-3-9(8,11)7-12/h6,12H,1-5,7H2/b8-6-/t9-/m0/s1. The minimum Gasteiger partial charge on any atom is -0.394 e. The molecule has 2 fully saturated rings. The highest BCUT2D eigenvalue weighted by Gasteiger charge is 2.47. The van der Waals surface area contributed by atoms with E-state index in [1.807, 2.05) is 0 Å². The molecule has 2 saturated heterocycles. The lowest BCUT2D eigenvalue weighted by molar-refractivity contribution is 0.122. The van der Waals surface area contributed by atoms with Gasteiger partial charge in [0.1, 0.15) is 0 Å². The number of aliphatic hydroxyl groups excluding tert-OH is 1. The van der Waals surface area contributed by atoms with Crippen molar-refractivity contribution in [1.29, 1.82) is 0 Å². The van der Waals surface area contributed by atoms with Crippen molar-refractivity contribution >= 4 is 0 Å². The molecule has 2 heterocycles. The number of hydrogen-bond acceptors (Lipinski definition) is 2. The van der Waals surface area contributed by atoms with Crippen molar-refractivity contribution in [3.8, 4) is 0 Å². The largest absolute Gasteiger partial charge is 0.394 e. The summed E-state index contributed by atoms with van der Waals surface area (Å²) in [6.07, 6.45) is 3.48. The first-order valence-corrected chi connectivity index (χ1v) is 4.49. The van der Waals surface area contributed by atoms with E-state index in [1.165, 1.54) is 0 Å². The number of hydrogen-bond donors (Lipinski definition) is 1. The molecule has 0 aromatic rings. The molecule has 0 spiro atoms. The van der Waals surface area contributed by atoms with Gasteiger partial charge in [-0.05, 0) is 31.4 Å². The fourth-order valence-corrected chi connectivity index (χ4v) is 2.55. The monoisotopic (exact) mass is 171 g/mol. The maximum Gasteiger partial charge on any atom is 0.0878 e. The minimum atomic E-state index is -0.311. The van der Waals surface area contributed by atoms with Crippen LogP contribution in [0.5, 0.6) is 0 Å². The second kappa shape index (κ2) is 2.82. The molecule has 0 unspecified atom stereocenters. The molecule has 2 nitrogen and oxygen atoms in total. The van der Waals surface area contributed by atoms with Gasteiger partial charge in [-0.3, -0.25) is 4.90 Å². The average molecular weight is 171 g/mol. The second-order valence-corrected chi connectivity index (χ2v) is 3.66. The summed E-state index contributed by atoms with van der Waals surface area (Å²) in [6, 6.07) is 0. The fraction of sp³-hybridized carbons (Fsp3) is 0.778. The van der Waals surface area contributed by atoms with Crippen LogP contribution in [0.4, 0.5) is 4.39 Å². The summed E-state index contributed by atoms with van der Waals surface area (Å²) in [4.78, 5) is 2.21. The normalized spacial score (nSPS) is 39.3. The number of nitrogens with zero attached hydrogens (tertiary/aromatic N) is 1. The third-order valence-electron chi connectivity index (χ3n) is 3.27. The zero-order valence-corrected chi connectivity index (χ0v) is 7.09. The lowest BCUT2D eigenvalue weighted by atomic mass is 9.91. The van der Waals surface area contributed by atoms with Crippen LogP contribution in [-0.2, 0) is 0 Å². The van der Waals surface area contributed by atoms with E-state index in [-0.39, 0.29) is 12.1 Å². The molecule has 2 rings (SSSR count). The van der Waals surface area contributed by atoms with E-state index in [9.17, 15) is 9.50 Å². The molecule has 0 aromatic heterocycles. The summed E-state index contributed by atoms with van der Waals surface area (Å²) in [5.41, 5.74) is 0.483. The Morgan fingerprint density at radius 3 is 3.08 bits per heavy atom. The van der Waals surface area contributed by atoms with Crippen molar-refractivity contribution in [1.82, 2.24) is 4.90 Å². The van der Waals surface area contributed by atoms with Gasteiger partial charge in [0.25, 0.3) is 0 Å². The van der Waals surface area contributed by atoms with Crippen LogP contribution in [0.1, 0.15) is 19.3 Å². The van der Waals surface area contributed by atoms with Crippen LogP contribution in [0, 0.1) is 0 Å². The first-order valence-electron chi connectivity index (χ1n) is 4.49. The predicted molar refractivity (Wildman–Crippen MR) is 44.4 cm³/mol. The topological polar surface area (TPSA) is 23.5 Å². The molecule has 1 N–H and O–H groups in total. The molecule has 12 heavy (non-hydrogen) atoms. The fourth-order valence-electron chi connectivity index (χ4n) is 2.55. The van der Waals surface area contributed by atoms with E-state index in [0.29, 0.717) is 6.33 Å². The van der Waals surface area contributed by atoms with E-state index < -0.39 is 0 Å². The molecule has 0 saturated carbocycles. The van der Waals surface area contributed by atoms with Gasteiger partial charge in [0, 0.05) is 6.54 Å². The second-order valence-electron chi connectivity index (χ2n) is 3.66. The summed E-state index contributed by atoms with van der Waals surface area (Å²) in [7, 11) is 0. The Kier molecular flexibility index (Phi) is 1.93. The zero-order chi connectivity index (χ0) is 8.60. The SMILES string of the molecule is OC[C@]12CCCN1CC/C2=C/F. The summed E-state index contributed by atoms with van der Waals surface area (Å²) >= 11 is 0. The Hall–Kier alpha value is -0.410. The molecular formula is C9H14FNO. The number of rotatable bonds is 1. The highest BCUT2D eigenvalue weighted by molar-refractivity contribution is 5.26. The van der Waals surface area contributed by atoms with Gasteiger partial charge in [-0.2, -0.15) is 0 Å². The van der Waals surface area contributed by atoms with Crippen LogP contribution in [0.3, 0.4) is 0 Å². The highest BCUT2D eigenvalue weighted by atomic mass is 19.1. The van der Waals surface area contributed by atoms with Crippen LogP contribution in [0.2, 0.25) is 0 Å². The van der Waals surface area contributed by atoms with Crippen LogP contribution in [0.25, 0.3) is 0 Å². The van der Waals surface area contributed by atoms with Crippen LogP contribution in [-0.4, -0.2) is 35.2 Å². The number of aliphatic hydroxyl groups is 1. The molecule has 0 aromatic carbocycles. The molecule has 1 atom stereocenters. The van der Waals surface area contributed by atoms with Gasteiger partial charge in [0.2, 0.25) is 0 Å². The van der Waals surface area contributed by atoms with Gasteiger partial charge >= 0.3 is 0 Å². The lowest BCUT2D eigenvalue weighted by Gasteiger charge is -2.30. The van der Waals surface area contributed by atoms with Crippen molar-refractivity contribution < 1.29 is 9.50 Å². The number of halogens is 1. The average Bonchev–Trinajstić information content (AvgIpc) is 2.60. The molecule has 68 valence electrons. The first kappa shape index (κ1) is 8.20. The molecular weight excluding hydrogens is 157 g/mol. The van der Waals surface area contributed by atoms with Gasteiger partial charge in [-0.15, -0.1) is 0 Å². The Bertz CT molecular complexity index is 217. The summed E-state index contributed by atoms with van der Waals surface area (Å²) < 4.78 is 12.5. The Balaban J connectivity index is 2.31. The molecule has 0 bridgehead atoms. The van der Waals surface area contributed by atoms with Crippen molar-refractivity contribution in [2.24, 2.45) is 0 Å². The summed E-state index contributed by atoms with van der Waals surface area (Å²) in [6.45, 7) is 2.00. The van der Waals surface area contributed by atoms with Gasteiger partial charge < -0.3 is 5.11 Å². The number of fused-ring (bicyclic) bond motifs is 1. The van der Waals surface area contributed by atoms with E-state index in [1.54, 1.807) is 0 Å². The van der Waals surface area contributed by atoms with Crippen molar-refractivity contribution in [2.45, 2.75) is 24.8 Å². The molecule has 0 amide bonds. The summed E-state index contributed by atoms with van der Waals surface area (Å²) in [5, 5.41) is 9.28. The van der Waals surface area contributed by atoms with E-state index in [0.717, 1.165) is 37.9 Å². The first-order chi connectivity index (χ1) is 5.83. The van der Waals surface area contributed by atoms with Crippen molar-refractivity contribution in [3.05, 3.63) is 11.9 Å². The van der Waals surface area contributed by atoms with Crippen LogP contribution >= 0.6 is 0 Å². The maximum absolute atomic E-state index is 12.5. The van der Waals surface area contributed by atoms with Gasteiger partial charge in [0.05, 0.1) is 18.5 Å². The minimum absolute atomic E-state index is 0.0722. The molecule has 3 heteroatoms. The van der Waals surface area contributed by atoms with Crippen LogP contribution in [0.15, 0.2) is 11.9 Å². The lowest BCUT2D eigenvalue weighted by Crippen LogP contribution is -2.42. The molecule has 2 aliphatic rings. The van der Waals surface area contributed by atoms with Gasteiger partial charge in [-0.1, -0.05) is 0 Å². The predicted octanol–water partition coefficient (Wildman–Crippen LogP) is 1.07. The van der Waals surface area contributed by atoms with Gasteiger partial charge in [0.15, 0.2) is 0 Å². The smallest absolute Gasteiger partial charge is 0.0878 e. The third kappa shape index (κ3) is 0.866. The molecule has 0 radical (unpaired) electrons. The third-order valence-corrected chi connectivity index (χ3v) is 3.27. The zero-order valence-electron chi connectivity index (χ0n) is 7.09. The summed E-state index contributed by atoms with van der Waals surface area (Å²) in [5.74, 6) is 0. The van der Waals surface area contributed by atoms with Crippen molar-refractivity contribution in [3.63, 3.8) is 0 Å². The Labute approximate surface area is 71.7 Å². The van der Waals surface area contributed by atoms with E-state index >= 15 is 0 Å². The van der Waals surface area contributed by atoms with E-state index in [2.05, 4.69) is 4.90 Å². The Morgan fingerprint density at radius 2 is 2.42 bits per heavy atom. The van der Waals surface area contributed by atoms with Crippen molar-refractivity contribution in [2.75, 3.05) is 19.7 Å².